The summed E-state index contributed by atoms with van der Waals surface area (Å²) in [5.41, 5.74) is 0. The Labute approximate surface area is 101 Å². The van der Waals surface area contributed by atoms with E-state index in [0.717, 1.165) is 0 Å². The lowest BCUT2D eigenvalue weighted by molar-refractivity contribution is -0.121. The molecule has 0 aliphatic carbocycles. The molecule has 0 aromatic heterocycles. The SMILES string of the molecule is COC.O=P(O)(O)CCC1CC(O)C(O)CO1. The van der Waals surface area contributed by atoms with Gasteiger partial charge in [-0.25, -0.2) is 0 Å². The number of aliphatic hydroxyl groups is 2. The molecule has 104 valence electrons. The average molecular weight is 272 g/mol. The second kappa shape index (κ2) is 8.16. The maximum Gasteiger partial charge on any atom is 0.325 e. The smallest absolute Gasteiger partial charge is 0.325 e. The summed E-state index contributed by atoms with van der Waals surface area (Å²) < 4.78 is 19.9. The Kier molecular flexibility index (Phi) is 8.15. The van der Waals surface area contributed by atoms with Gasteiger partial charge < -0.3 is 29.5 Å². The number of rotatable bonds is 3. The molecule has 1 rings (SSSR count). The lowest BCUT2D eigenvalue weighted by Crippen LogP contribution is -2.41. The largest absolute Gasteiger partial charge is 0.390 e. The normalized spacial score (nSPS) is 29.4. The van der Waals surface area contributed by atoms with E-state index in [1.165, 1.54) is 0 Å². The van der Waals surface area contributed by atoms with Gasteiger partial charge in [0.2, 0.25) is 0 Å². The molecule has 0 radical (unpaired) electrons. The third-order valence-electron chi connectivity index (χ3n) is 2.19. The predicted molar refractivity (Wildman–Crippen MR) is 60.8 cm³/mol. The van der Waals surface area contributed by atoms with Gasteiger partial charge in [0.25, 0.3) is 0 Å². The molecular formula is C9H21O7P. The van der Waals surface area contributed by atoms with Gasteiger partial charge in [0, 0.05) is 20.6 Å². The monoisotopic (exact) mass is 272 g/mol. The third-order valence-corrected chi connectivity index (χ3v) is 3.03. The van der Waals surface area contributed by atoms with E-state index in [9.17, 15) is 9.67 Å². The zero-order valence-electron chi connectivity index (χ0n) is 10.0. The first-order chi connectivity index (χ1) is 7.80. The predicted octanol–water partition coefficient (Wildman–Crippen LogP) is -0.673. The summed E-state index contributed by atoms with van der Waals surface area (Å²) in [4.78, 5) is 17.2. The van der Waals surface area contributed by atoms with E-state index in [4.69, 9.17) is 19.6 Å². The van der Waals surface area contributed by atoms with Crippen LogP contribution in [0.3, 0.4) is 0 Å². The van der Waals surface area contributed by atoms with E-state index in [0.29, 0.717) is 0 Å². The van der Waals surface area contributed by atoms with Gasteiger partial charge in [-0.1, -0.05) is 0 Å². The van der Waals surface area contributed by atoms with Crippen LogP contribution in [-0.2, 0) is 14.0 Å². The van der Waals surface area contributed by atoms with E-state index in [2.05, 4.69) is 4.74 Å². The fourth-order valence-corrected chi connectivity index (χ4v) is 1.98. The quantitative estimate of drug-likeness (QED) is 0.503. The molecule has 3 atom stereocenters. The highest BCUT2D eigenvalue weighted by Gasteiger charge is 2.29. The van der Waals surface area contributed by atoms with Crippen LogP contribution in [0, 0.1) is 0 Å². The minimum Gasteiger partial charge on any atom is -0.390 e. The lowest BCUT2D eigenvalue weighted by atomic mass is 10.0. The van der Waals surface area contributed by atoms with Crippen LogP contribution in [0.2, 0.25) is 0 Å². The molecule has 0 spiro atoms. The Morgan fingerprint density at radius 2 is 1.82 bits per heavy atom. The van der Waals surface area contributed by atoms with E-state index in [-0.39, 0.29) is 31.7 Å². The first-order valence-corrected chi connectivity index (χ1v) is 7.02. The van der Waals surface area contributed by atoms with Crippen molar-refractivity contribution >= 4 is 7.60 Å². The second-order valence-corrected chi connectivity index (χ2v) is 5.69. The number of hydrogen-bond donors (Lipinski definition) is 4. The van der Waals surface area contributed by atoms with Gasteiger partial charge in [-0.3, -0.25) is 4.57 Å². The van der Waals surface area contributed by atoms with Crippen molar-refractivity contribution in [1.29, 1.82) is 0 Å². The van der Waals surface area contributed by atoms with Gasteiger partial charge in [-0.05, 0) is 6.42 Å². The fraction of sp³-hybridized carbons (Fsp3) is 1.00. The highest BCUT2D eigenvalue weighted by atomic mass is 31.2. The molecule has 1 saturated heterocycles. The van der Waals surface area contributed by atoms with Crippen molar-refractivity contribution in [2.75, 3.05) is 27.0 Å². The molecule has 0 amide bonds. The molecular weight excluding hydrogens is 251 g/mol. The average Bonchev–Trinajstić information content (AvgIpc) is 2.20. The van der Waals surface area contributed by atoms with Crippen molar-refractivity contribution in [1.82, 2.24) is 0 Å². The molecule has 7 nitrogen and oxygen atoms in total. The zero-order valence-corrected chi connectivity index (χ0v) is 10.9. The lowest BCUT2D eigenvalue weighted by Gasteiger charge is -2.30. The van der Waals surface area contributed by atoms with Gasteiger partial charge in [0.1, 0.15) is 6.10 Å². The second-order valence-electron chi connectivity index (χ2n) is 3.91. The highest BCUT2D eigenvalue weighted by molar-refractivity contribution is 7.51. The Morgan fingerprint density at radius 1 is 1.29 bits per heavy atom. The van der Waals surface area contributed by atoms with Crippen LogP contribution in [0.15, 0.2) is 0 Å². The summed E-state index contributed by atoms with van der Waals surface area (Å²) in [5, 5.41) is 18.3. The molecule has 4 N–H and O–H groups in total. The Hall–Kier alpha value is -0.0100. The minimum absolute atomic E-state index is 0.0208. The zero-order chi connectivity index (χ0) is 13.5. The molecule has 0 saturated carbocycles. The van der Waals surface area contributed by atoms with Crippen LogP contribution >= 0.6 is 7.60 Å². The summed E-state index contributed by atoms with van der Waals surface area (Å²) in [7, 11) is -0.741. The van der Waals surface area contributed by atoms with E-state index in [1.807, 2.05) is 0 Å². The molecule has 0 aromatic carbocycles. The van der Waals surface area contributed by atoms with Gasteiger partial charge in [0.05, 0.1) is 25.0 Å². The van der Waals surface area contributed by atoms with Crippen molar-refractivity contribution < 1.29 is 34.0 Å². The summed E-state index contributed by atoms with van der Waals surface area (Å²) in [6.45, 7) is 0.0208. The highest BCUT2D eigenvalue weighted by Crippen LogP contribution is 2.36. The molecule has 1 aliphatic rings. The van der Waals surface area contributed by atoms with Gasteiger partial charge >= 0.3 is 7.60 Å². The molecule has 17 heavy (non-hydrogen) atoms. The molecule has 1 fully saturated rings. The summed E-state index contributed by atoms with van der Waals surface area (Å²) in [6.07, 6.45) is -1.94. The van der Waals surface area contributed by atoms with Gasteiger partial charge in [-0.2, -0.15) is 0 Å². The van der Waals surface area contributed by atoms with Crippen LogP contribution in [0.25, 0.3) is 0 Å². The number of ether oxygens (including phenoxy) is 2. The minimum atomic E-state index is -3.99. The van der Waals surface area contributed by atoms with Crippen LogP contribution in [0.4, 0.5) is 0 Å². The van der Waals surface area contributed by atoms with Crippen molar-refractivity contribution in [3.8, 4) is 0 Å². The number of aliphatic hydroxyl groups excluding tert-OH is 2. The van der Waals surface area contributed by atoms with Crippen molar-refractivity contribution in [2.24, 2.45) is 0 Å². The number of methoxy groups -OCH3 is 1. The van der Waals surface area contributed by atoms with Crippen LogP contribution in [-0.4, -0.2) is 65.3 Å². The summed E-state index contributed by atoms with van der Waals surface area (Å²) >= 11 is 0. The van der Waals surface area contributed by atoms with E-state index < -0.39 is 19.8 Å². The topological polar surface area (TPSA) is 116 Å². The Balaban J connectivity index is 0.000000770. The third kappa shape index (κ3) is 8.68. The Bertz CT molecular complexity index is 241. The van der Waals surface area contributed by atoms with E-state index in [1.54, 1.807) is 14.2 Å². The summed E-state index contributed by atoms with van der Waals surface area (Å²) in [5.74, 6) is 0. The number of hydrogen-bond acceptors (Lipinski definition) is 5. The first kappa shape index (κ1) is 17.0. The first-order valence-electron chi connectivity index (χ1n) is 5.22. The molecule has 0 bridgehead atoms. The fourth-order valence-electron chi connectivity index (χ4n) is 1.35. The molecule has 3 unspecified atom stereocenters. The van der Waals surface area contributed by atoms with Crippen molar-refractivity contribution in [3.05, 3.63) is 0 Å². The molecule has 8 heteroatoms. The standard InChI is InChI=1S/C7H15O6P.C2H6O/c8-6-3-5(13-4-7(6)9)1-2-14(10,11)12;1-3-2/h5-9H,1-4H2,(H2,10,11,12);1-2H3. The van der Waals surface area contributed by atoms with Gasteiger partial charge in [0.15, 0.2) is 0 Å². The molecule has 1 heterocycles. The maximum atomic E-state index is 10.5. The van der Waals surface area contributed by atoms with Crippen molar-refractivity contribution in [2.45, 2.75) is 31.2 Å². The summed E-state index contributed by atoms with van der Waals surface area (Å²) in [6, 6.07) is 0. The van der Waals surface area contributed by atoms with Crippen molar-refractivity contribution in [3.63, 3.8) is 0 Å². The van der Waals surface area contributed by atoms with E-state index >= 15 is 0 Å². The van der Waals surface area contributed by atoms with Gasteiger partial charge in [-0.15, -0.1) is 0 Å². The Morgan fingerprint density at radius 3 is 2.24 bits per heavy atom. The molecule has 0 aromatic rings. The molecule has 1 aliphatic heterocycles. The maximum absolute atomic E-state index is 10.5. The van der Waals surface area contributed by atoms with Crippen LogP contribution in [0.1, 0.15) is 12.8 Å². The van der Waals surface area contributed by atoms with Crippen LogP contribution < -0.4 is 0 Å². The van der Waals surface area contributed by atoms with Crippen LogP contribution in [0.5, 0.6) is 0 Å².